The highest BCUT2D eigenvalue weighted by atomic mass is 32.2. The van der Waals surface area contributed by atoms with Crippen LogP contribution in [0.25, 0.3) is 22.0 Å². The van der Waals surface area contributed by atoms with Crippen molar-refractivity contribution in [2.75, 3.05) is 57.5 Å². The molecule has 42 heavy (non-hydrogen) atoms. The number of hydrogen-bond donors (Lipinski definition) is 3. The second-order valence-corrected chi connectivity index (χ2v) is 13.7. The van der Waals surface area contributed by atoms with Gasteiger partial charge >= 0.3 is 6.09 Å². The number of amides is 1. The Kier molecular flexibility index (Phi) is 8.99. The first-order valence-corrected chi connectivity index (χ1v) is 15.8. The zero-order chi connectivity index (χ0) is 29.9. The number of carbonyl (C=O) groups is 1. The van der Waals surface area contributed by atoms with Crippen molar-refractivity contribution in [3.63, 3.8) is 0 Å². The van der Waals surface area contributed by atoms with Crippen molar-refractivity contribution in [1.29, 1.82) is 0 Å². The molecule has 3 N–H and O–H groups in total. The van der Waals surface area contributed by atoms with Crippen molar-refractivity contribution >= 4 is 49.3 Å². The molecule has 0 saturated carbocycles. The third kappa shape index (κ3) is 6.85. The second kappa shape index (κ2) is 12.7. The van der Waals surface area contributed by atoms with Gasteiger partial charge < -0.3 is 15.3 Å². The van der Waals surface area contributed by atoms with Gasteiger partial charge in [-0.15, -0.1) is 0 Å². The maximum absolute atomic E-state index is 13.1. The molecule has 1 atom stereocenters. The summed E-state index contributed by atoms with van der Waals surface area (Å²) >= 11 is 0.807. The van der Waals surface area contributed by atoms with E-state index in [1.165, 1.54) is 16.1 Å². The van der Waals surface area contributed by atoms with E-state index in [0.717, 1.165) is 45.7 Å². The van der Waals surface area contributed by atoms with Gasteiger partial charge in [-0.05, 0) is 44.3 Å². The first-order chi connectivity index (χ1) is 20.1. The number of fused-ring (bicyclic) bond motifs is 1. The summed E-state index contributed by atoms with van der Waals surface area (Å²) in [5.41, 5.74) is 4.27. The second-order valence-electron chi connectivity index (χ2n) is 10.5. The fourth-order valence-electron chi connectivity index (χ4n) is 5.11. The standard InChI is InChI=1S/C28H34N8O4S2/c1-19(16-35-10-12-36(13-11-35)42(39,40)24-15-29-27(41-24)33-28(37)38)32-26-23-9-5-8-22(25(23)30-18-31-26)21-7-4-6-20(14-21)17-34(2)3/h4-9,14-15,18-19H,10-13,16-17H2,1-3H3,(H,29,33)(H,37,38)(H,30,31,32)/t19-/m0/s1. The molecule has 2 aromatic heterocycles. The first kappa shape index (κ1) is 29.8. The molecule has 1 fully saturated rings. The Morgan fingerprint density at radius 3 is 2.60 bits per heavy atom. The Morgan fingerprint density at radius 1 is 1.10 bits per heavy atom. The largest absolute Gasteiger partial charge is 0.465 e. The number of para-hydroxylation sites is 1. The lowest BCUT2D eigenvalue weighted by Crippen LogP contribution is -2.50. The van der Waals surface area contributed by atoms with Crippen molar-refractivity contribution in [3.05, 3.63) is 60.6 Å². The number of rotatable bonds is 10. The van der Waals surface area contributed by atoms with Crippen LogP contribution in [0.3, 0.4) is 0 Å². The molecule has 0 radical (unpaired) electrons. The normalized spacial score (nSPS) is 15.6. The maximum atomic E-state index is 13.1. The smallest absolute Gasteiger partial charge is 0.410 e. The minimum Gasteiger partial charge on any atom is -0.465 e. The summed E-state index contributed by atoms with van der Waals surface area (Å²) in [6.07, 6.45) is 1.50. The number of piperazine rings is 1. The predicted molar refractivity (Wildman–Crippen MR) is 164 cm³/mol. The van der Waals surface area contributed by atoms with E-state index in [-0.39, 0.29) is 15.4 Å². The zero-order valence-corrected chi connectivity index (χ0v) is 25.3. The molecule has 0 spiro atoms. The molecule has 1 aliphatic heterocycles. The van der Waals surface area contributed by atoms with Crippen LogP contribution < -0.4 is 10.6 Å². The molecule has 0 aliphatic carbocycles. The van der Waals surface area contributed by atoms with Crippen LogP contribution in [-0.4, -0.2) is 102 Å². The van der Waals surface area contributed by atoms with Gasteiger partial charge in [0.1, 0.15) is 12.1 Å². The molecule has 1 amide bonds. The van der Waals surface area contributed by atoms with Crippen LogP contribution in [0.5, 0.6) is 0 Å². The number of benzene rings is 2. The molecule has 0 bridgehead atoms. The van der Waals surface area contributed by atoms with E-state index in [1.54, 1.807) is 6.33 Å². The van der Waals surface area contributed by atoms with Gasteiger partial charge in [0.15, 0.2) is 9.34 Å². The van der Waals surface area contributed by atoms with E-state index >= 15 is 0 Å². The van der Waals surface area contributed by atoms with Gasteiger partial charge in [-0.3, -0.25) is 10.2 Å². The van der Waals surface area contributed by atoms with Crippen molar-refractivity contribution < 1.29 is 18.3 Å². The number of carboxylic acid groups (broad SMARTS) is 1. The van der Waals surface area contributed by atoms with Gasteiger partial charge in [0.25, 0.3) is 10.0 Å². The molecule has 1 aliphatic rings. The van der Waals surface area contributed by atoms with Gasteiger partial charge in [-0.1, -0.05) is 41.7 Å². The first-order valence-electron chi connectivity index (χ1n) is 13.5. The highest BCUT2D eigenvalue weighted by Gasteiger charge is 2.31. The average Bonchev–Trinajstić information content (AvgIpc) is 3.42. The van der Waals surface area contributed by atoms with Crippen LogP contribution in [0.1, 0.15) is 12.5 Å². The molecule has 1 saturated heterocycles. The molecular formula is C28H34N8O4S2. The van der Waals surface area contributed by atoms with Gasteiger partial charge in [0.2, 0.25) is 0 Å². The van der Waals surface area contributed by atoms with Crippen molar-refractivity contribution in [2.24, 2.45) is 0 Å². The Balaban J connectivity index is 1.23. The van der Waals surface area contributed by atoms with Crippen LogP contribution in [0.15, 0.2) is 59.2 Å². The minimum absolute atomic E-state index is 0.0224. The number of hydrogen-bond acceptors (Lipinski definition) is 10. The Morgan fingerprint density at radius 2 is 1.86 bits per heavy atom. The van der Waals surface area contributed by atoms with E-state index in [9.17, 15) is 13.2 Å². The Labute approximate surface area is 249 Å². The highest BCUT2D eigenvalue weighted by molar-refractivity contribution is 7.91. The minimum atomic E-state index is -3.74. The summed E-state index contributed by atoms with van der Waals surface area (Å²) in [4.78, 5) is 28.2. The number of nitrogens with zero attached hydrogens (tertiary/aromatic N) is 6. The Hall–Kier alpha value is -3.69. The van der Waals surface area contributed by atoms with Crippen LogP contribution in [0.2, 0.25) is 0 Å². The summed E-state index contributed by atoms with van der Waals surface area (Å²) in [7, 11) is 0.369. The van der Waals surface area contributed by atoms with Crippen molar-refractivity contribution in [1.82, 2.24) is 29.1 Å². The summed E-state index contributed by atoms with van der Waals surface area (Å²) in [6.45, 7) is 5.46. The molecular weight excluding hydrogens is 576 g/mol. The maximum Gasteiger partial charge on any atom is 0.410 e. The number of aromatic nitrogens is 3. The summed E-state index contributed by atoms with van der Waals surface area (Å²) in [5.74, 6) is 0.760. The third-order valence-electron chi connectivity index (χ3n) is 6.94. The average molecular weight is 611 g/mol. The zero-order valence-electron chi connectivity index (χ0n) is 23.7. The fraction of sp³-hybridized carbons (Fsp3) is 0.357. The van der Waals surface area contributed by atoms with Gasteiger partial charge in [0.05, 0.1) is 11.7 Å². The number of thiazole rings is 1. The van der Waals surface area contributed by atoms with Crippen LogP contribution >= 0.6 is 11.3 Å². The monoisotopic (exact) mass is 610 g/mol. The molecule has 2 aromatic carbocycles. The topological polar surface area (TPSA) is 144 Å². The predicted octanol–water partition coefficient (Wildman–Crippen LogP) is 3.71. The molecule has 14 heteroatoms. The quantitative estimate of drug-likeness (QED) is 0.243. The SMILES string of the molecule is C[C@@H](CN1CCN(S(=O)(=O)c2cnc(NC(=O)O)s2)CC1)Nc1ncnc2c(-c3cccc(CN(C)C)c3)cccc12. The lowest BCUT2D eigenvalue weighted by atomic mass is 10.00. The number of sulfonamides is 1. The van der Waals surface area contributed by atoms with Crippen molar-refractivity contribution in [3.8, 4) is 11.1 Å². The highest BCUT2D eigenvalue weighted by Crippen LogP contribution is 2.31. The fourth-order valence-corrected chi connectivity index (χ4v) is 7.71. The molecule has 222 valence electrons. The summed E-state index contributed by atoms with van der Waals surface area (Å²) < 4.78 is 27.5. The third-order valence-corrected chi connectivity index (χ3v) is 10.2. The van der Waals surface area contributed by atoms with Gasteiger partial charge in [-0.25, -0.2) is 28.2 Å². The van der Waals surface area contributed by atoms with E-state index in [1.807, 2.05) is 12.1 Å². The van der Waals surface area contributed by atoms with E-state index in [2.05, 4.69) is 86.7 Å². The summed E-state index contributed by atoms with van der Waals surface area (Å²) in [5, 5.41) is 15.4. The Bertz CT molecular complexity index is 1670. The summed E-state index contributed by atoms with van der Waals surface area (Å²) in [6, 6.07) is 14.7. The van der Waals surface area contributed by atoms with E-state index in [0.29, 0.717) is 32.7 Å². The molecule has 5 rings (SSSR count). The van der Waals surface area contributed by atoms with Gasteiger partial charge in [-0.2, -0.15) is 4.31 Å². The van der Waals surface area contributed by atoms with Crippen LogP contribution in [-0.2, 0) is 16.6 Å². The number of anilines is 2. The molecule has 3 heterocycles. The van der Waals surface area contributed by atoms with E-state index in [4.69, 9.17) is 5.11 Å². The molecule has 12 nitrogen and oxygen atoms in total. The van der Waals surface area contributed by atoms with Gasteiger partial charge in [0, 0.05) is 56.3 Å². The van der Waals surface area contributed by atoms with Crippen molar-refractivity contribution in [2.45, 2.75) is 23.7 Å². The van der Waals surface area contributed by atoms with Crippen LogP contribution in [0, 0.1) is 0 Å². The van der Waals surface area contributed by atoms with Crippen LogP contribution in [0.4, 0.5) is 15.7 Å². The molecule has 0 unspecified atom stereocenters. The lowest BCUT2D eigenvalue weighted by Gasteiger charge is -2.35. The lowest BCUT2D eigenvalue weighted by molar-refractivity contribution is 0.184. The number of nitrogens with one attached hydrogen (secondary N) is 2. The molecule has 4 aromatic rings. The van der Waals surface area contributed by atoms with E-state index < -0.39 is 16.1 Å².